The Balaban J connectivity index is 1.87. The average Bonchev–Trinajstić information content (AvgIpc) is 2.76. The molecule has 1 rings (SSSR count). The largest absolute Gasteiger partial charge is 0.382 e. The van der Waals surface area contributed by atoms with Gasteiger partial charge in [0.1, 0.15) is 0 Å². The maximum Gasteiger partial charge on any atom is 0.0477 e. The van der Waals surface area contributed by atoms with E-state index in [2.05, 4.69) is 17.1 Å². The molecular weight excluding hydrogens is 200 g/mol. The van der Waals surface area contributed by atoms with Crippen LogP contribution in [0.25, 0.3) is 0 Å². The molecule has 0 aliphatic carbocycles. The predicted molar refractivity (Wildman–Crippen MR) is 68.8 cm³/mol. The molecule has 0 aromatic rings. The van der Waals surface area contributed by atoms with Crippen LogP contribution in [0.3, 0.4) is 0 Å². The Morgan fingerprint density at radius 3 is 2.75 bits per heavy atom. The molecule has 0 aromatic heterocycles. The van der Waals surface area contributed by atoms with Gasteiger partial charge in [-0.2, -0.15) is 0 Å². The van der Waals surface area contributed by atoms with E-state index in [4.69, 9.17) is 4.74 Å². The van der Waals surface area contributed by atoms with Gasteiger partial charge in [0.15, 0.2) is 0 Å². The number of hydrogen-bond acceptors (Lipinski definition) is 3. The zero-order valence-electron chi connectivity index (χ0n) is 11.0. The number of ether oxygens (including phenoxy) is 1. The van der Waals surface area contributed by atoms with E-state index in [1.54, 1.807) is 0 Å². The van der Waals surface area contributed by atoms with Crippen molar-refractivity contribution in [3.05, 3.63) is 0 Å². The smallest absolute Gasteiger partial charge is 0.0477 e. The van der Waals surface area contributed by atoms with Crippen LogP contribution in [0.15, 0.2) is 0 Å². The minimum Gasteiger partial charge on any atom is -0.382 e. The van der Waals surface area contributed by atoms with Crippen LogP contribution in [-0.4, -0.2) is 50.8 Å². The van der Waals surface area contributed by atoms with Crippen LogP contribution < -0.4 is 5.32 Å². The van der Waals surface area contributed by atoms with E-state index < -0.39 is 0 Å². The quantitative estimate of drug-likeness (QED) is 0.608. The van der Waals surface area contributed by atoms with E-state index in [9.17, 15) is 0 Å². The van der Waals surface area contributed by atoms with Crippen molar-refractivity contribution in [3.63, 3.8) is 0 Å². The molecule has 1 heterocycles. The normalized spacial score (nSPS) is 19.1. The van der Waals surface area contributed by atoms with Crippen molar-refractivity contribution >= 4 is 0 Å². The Hall–Kier alpha value is -0.120. The third kappa shape index (κ3) is 6.46. The van der Waals surface area contributed by atoms with Crippen LogP contribution in [0.4, 0.5) is 0 Å². The summed E-state index contributed by atoms with van der Waals surface area (Å²) in [5, 5.41) is 3.51. The van der Waals surface area contributed by atoms with Crippen molar-refractivity contribution < 1.29 is 4.74 Å². The molecule has 16 heavy (non-hydrogen) atoms. The van der Waals surface area contributed by atoms with E-state index in [1.165, 1.54) is 32.5 Å². The monoisotopic (exact) mass is 228 g/mol. The van der Waals surface area contributed by atoms with Gasteiger partial charge in [-0.25, -0.2) is 0 Å². The summed E-state index contributed by atoms with van der Waals surface area (Å²) in [6.45, 7) is 12.2. The number of hydrogen-bond donors (Lipinski definition) is 1. The van der Waals surface area contributed by atoms with Crippen molar-refractivity contribution in [2.75, 3.05) is 45.9 Å². The Morgan fingerprint density at radius 2 is 2.06 bits per heavy atom. The highest BCUT2D eigenvalue weighted by Crippen LogP contribution is 2.09. The summed E-state index contributed by atoms with van der Waals surface area (Å²) in [5.41, 5.74) is 0. The highest BCUT2D eigenvalue weighted by molar-refractivity contribution is 4.69. The molecule has 1 N–H and O–H groups in total. The van der Waals surface area contributed by atoms with Crippen molar-refractivity contribution in [1.82, 2.24) is 10.2 Å². The first kappa shape index (κ1) is 13.9. The highest BCUT2D eigenvalue weighted by atomic mass is 16.5. The van der Waals surface area contributed by atoms with Crippen LogP contribution in [0.1, 0.15) is 33.1 Å². The maximum atomic E-state index is 5.30. The minimum atomic E-state index is 0.769. The molecule has 3 nitrogen and oxygen atoms in total. The van der Waals surface area contributed by atoms with Crippen LogP contribution in [0.2, 0.25) is 0 Å². The Bertz CT molecular complexity index is 158. The first-order chi connectivity index (χ1) is 7.83. The lowest BCUT2D eigenvalue weighted by molar-refractivity contribution is 0.144. The molecule has 0 amide bonds. The van der Waals surface area contributed by atoms with Crippen LogP contribution in [0.5, 0.6) is 0 Å². The first-order valence-electron chi connectivity index (χ1n) is 6.83. The number of nitrogens with one attached hydrogen (secondary N) is 1. The number of likely N-dealkylation sites (tertiary alicyclic amines) is 1. The van der Waals surface area contributed by atoms with E-state index in [-0.39, 0.29) is 0 Å². The zero-order valence-corrected chi connectivity index (χ0v) is 11.0. The zero-order chi connectivity index (χ0) is 11.6. The van der Waals surface area contributed by atoms with Crippen molar-refractivity contribution in [2.24, 2.45) is 5.92 Å². The molecule has 1 aliphatic heterocycles. The second-order valence-corrected chi connectivity index (χ2v) is 4.87. The summed E-state index contributed by atoms with van der Waals surface area (Å²) in [6, 6.07) is 0. The lowest BCUT2D eigenvalue weighted by Crippen LogP contribution is -2.32. The molecule has 96 valence electrons. The summed E-state index contributed by atoms with van der Waals surface area (Å²) in [7, 11) is 0. The predicted octanol–water partition coefficient (Wildman–Crippen LogP) is 1.73. The van der Waals surface area contributed by atoms with E-state index in [0.717, 1.165) is 38.6 Å². The fourth-order valence-electron chi connectivity index (χ4n) is 2.26. The van der Waals surface area contributed by atoms with Crippen LogP contribution in [0, 0.1) is 5.92 Å². The molecule has 0 bridgehead atoms. The van der Waals surface area contributed by atoms with E-state index in [1.807, 2.05) is 6.92 Å². The summed E-state index contributed by atoms with van der Waals surface area (Å²) in [6.07, 6.45) is 3.92. The van der Waals surface area contributed by atoms with Gasteiger partial charge in [0.2, 0.25) is 0 Å². The first-order valence-corrected chi connectivity index (χ1v) is 6.83. The summed E-state index contributed by atoms with van der Waals surface area (Å²) >= 11 is 0. The minimum absolute atomic E-state index is 0.769. The van der Waals surface area contributed by atoms with Crippen LogP contribution in [-0.2, 0) is 4.74 Å². The van der Waals surface area contributed by atoms with Gasteiger partial charge in [-0.3, -0.25) is 0 Å². The fourth-order valence-corrected chi connectivity index (χ4v) is 2.26. The Kier molecular flexibility index (Phi) is 7.81. The standard InChI is InChI=1S/C13H28N2O/c1-3-16-10-6-7-14-11-13(2)12-15-8-4-5-9-15/h13-14H,3-12H2,1-2H3. The average molecular weight is 228 g/mol. The van der Waals surface area contributed by atoms with Gasteiger partial charge >= 0.3 is 0 Å². The molecule has 0 radical (unpaired) electrons. The highest BCUT2D eigenvalue weighted by Gasteiger charge is 2.13. The third-order valence-electron chi connectivity index (χ3n) is 3.11. The van der Waals surface area contributed by atoms with Gasteiger partial charge < -0.3 is 15.0 Å². The topological polar surface area (TPSA) is 24.5 Å². The molecule has 1 unspecified atom stereocenters. The third-order valence-corrected chi connectivity index (χ3v) is 3.11. The van der Waals surface area contributed by atoms with Gasteiger partial charge in [-0.05, 0) is 58.3 Å². The summed E-state index contributed by atoms with van der Waals surface area (Å²) < 4.78 is 5.30. The van der Waals surface area contributed by atoms with Crippen molar-refractivity contribution in [3.8, 4) is 0 Å². The van der Waals surface area contributed by atoms with Gasteiger partial charge in [0.05, 0.1) is 0 Å². The van der Waals surface area contributed by atoms with E-state index in [0.29, 0.717) is 0 Å². The molecule has 1 aliphatic rings. The summed E-state index contributed by atoms with van der Waals surface area (Å²) in [4.78, 5) is 2.59. The Labute approximate surface area is 101 Å². The molecule has 1 saturated heterocycles. The maximum absolute atomic E-state index is 5.30. The molecule has 0 spiro atoms. The molecule has 0 aromatic carbocycles. The Morgan fingerprint density at radius 1 is 1.31 bits per heavy atom. The SMILES string of the molecule is CCOCCCNCC(C)CN1CCCC1. The lowest BCUT2D eigenvalue weighted by Gasteiger charge is -2.20. The second-order valence-electron chi connectivity index (χ2n) is 4.87. The molecule has 1 fully saturated rings. The summed E-state index contributed by atoms with van der Waals surface area (Å²) in [5.74, 6) is 0.769. The molecular formula is C13H28N2O. The van der Waals surface area contributed by atoms with Gasteiger partial charge in [-0.1, -0.05) is 6.92 Å². The van der Waals surface area contributed by atoms with Crippen molar-refractivity contribution in [1.29, 1.82) is 0 Å². The van der Waals surface area contributed by atoms with Crippen molar-refractivity contribution in [2.45, 2.75) is 33.1 Å². The lowest BCUT2D eigenvalue weighted by atomic mass is 10.1. The van der Waals surface area contributed by atoms with Gasteiger partial charge in [0.25, 0.3) is 0 Å². The van der Waals surface area contributed by atoms with Gasteiger partial charge in [-0.15, -0.1) is 0 Å². The molecule has 0 saturated carbocycles. The number of rotatable bonds is 9. The molecule has 3 heteroatoms. The van der Waals surface area contributed by atoms with Gasteiger partial charge in [0, 0.05) is 19.8 Å². The second kappa shape index (κ2) is 8.97. The van der Waals surface area contributed by atoms with E-state index >= 15 is 0 Å². The van der Waals surface area contributed by atoms with Crippen LogP contribution >= 0.6 is 0 Å². The number of nitrogens with zero attached hydrogens (tertiary/aromatic N) is 1. The fraction of sp³-hybridized carbons (Fsp3) is 1.00. The molecule has 1 atom stereocenters.